The summed E-state index contributed by atoms with van der Waals surface area (Å²) in [6, 6.07) is 19.8. The molecule has 0 amide bonds. The van der Waals surface area contributed by atoms with Gasteiger partial charge in [0.15, 0.2) is 11.8 Å². The largest absolute Gasteiger partial charge is 0.487 e. The summed E-state index contributed by atoms with van der Waals surface area (Å²) in [5, 5.41) is 14.1. The molecular weight excluding hydrogens is 404 g/mol. The molecule has 1 atom stereocenters. The Labute approximate surface area is 187 Å². The van der Waals surface area contributed by atoms with Crippen LogP contribution in [0.25, 0.3) is 10.9 Å². The molecular formula is C26H28N2O4. The van der Waals surface area contributed by atoms with Crippen LogP contribution >= 0.6 is 0 Å². The normalized spacial score (nSPS) is 16.0. The molecule has 4 rings (SSSR count). The lowest BCUT2D eigenvalue weighted by molar-refractivity contribution is -0.129. The van der Waals surface area contributed by atoms with E-state index in [0.717, 1.165) is 53.6 Å². The number of hydrogen-bond donors (Lipinski definition) is 1. The van der Waals surface area contributed by atoms with Crippen molar-refractivity contribution in [2.75, 3.05) is 0 Å². The molecule has 0 spiro atoms. The zero-order valence-electron chi connectivity index (χ0n) is 18.2. The molecule has 0 bridgehead atoms. The third kappa shape index (κ3) is 5.44. The maximum Gasteiger partial charge on any atom is 0.353 e. The second-order valence-corrected chi connectivity index (χ2v) is 8.26. The number of aromatic nitrogens is 1. The third-order valence-corrected chi connectivity index (χ3v) is 5.94. The van der Waals surface area contributed by atoms with Crippen molar-refractivity contribution in [3.05, 3.63) is 71.9 Å². The molecule has 1 aliphatic carbocycles. The fourth-order valence-electron chi connectivity index (χ4n) is 4.13. The van der Waals surface area contributed by atoms with Gasteiger partial charge >= 0.3 is 5.97 Å². The molecule has 0 unspecified atom stereocenters. The van der Waals surface area contributed by atoms with Gasteiger partial charge in [0.05, 0.1) is 11.2 Å². The summed E-state index contributed by atoms with van der Waals surface area (Å²) >= 11 is 0. The lowest BCUT2D eigenvalue weighted by Gasteiger charge is -2.29. The van der Waals surface area contributed by atoms with Crippen molar-refractivity contribution >= 4 is 22.6 Å². The second-order valence-electron chi connectivity index (χ2n) is 8.26. The average Bonchev–Trinajstić information content (AvgIpc) is 2.84. The summed E-state index contributed by atoms with van der Waals surface area (Å²) in [5.41, 5.74) is 2.76. The Morgan fingerprint density at radius 1 is 1.06 bits per heavy atom. The van der Waals surface area contributed by atoms with E-state index in [1.54, 1.807) is 0 Å². The van der Waals surface area contributed by atoms with Crippen molar-refractivity contribution < 1.29 is 19.5 Å². The molecule has 0 radical (unpaired) electrons. The summed E-state index contributed by atoms with van der Waals surface area (Å²) in [5.74, 6) is -0.00238. The standard InChI is InChI=1S/C26H28N2O4/c1-18(26(29)30)28-32-25(20-8-3-2-4-9-20)21-12-15-23(16-13-21)31-17-22-14-11-19-7-5-6-10-24(19)27-22/h5-7,10-16,20,25H,2-4,8-9,17H2,1H3,(H,29,30)/t25-/m0/s1. The average molecular weight is 433 g/mol. The SMILES string of the molecule is CC(=NO[C@H](c1ccc(OCc2ccc3ccccc3n2)cc1)C1CCCCC1)C(=O)O. The lowest BCUT2D eigenvalue weighted by Crippen LogP contribution is -2.19. The fraction of sp³-hybridized carbons (Fsp3) is 0.346. The van der Waals surface area contributed by atoms with Crippen LogP contribution in [0.2, 0.25) is 0 Å². The Kier molecular flexibility index (Phi) is 7.00. The molecule has 0 saturated heterocycles. The Morgan fingerprint density at radius 2 is 1.81 bits per heavy atom. The Balaban J connectivity index is 1.45. The van der Waals surface area contributed by atoms with Gasteiger partial charge in [-0.3, -0.25) is 0 Å². The topological polar surface area (TPSA) is 81.0 Å². The van der Waals surface area contributed by atoms with E-state index in [2.05, 4.69) is 16.2 Å². The van der Waals surface area contributed by atoms with Crippen LogP contribution in [-0.4, -0.2) is 21.8 Å². The number of pyridine rings is 1. The third-order valence-electron chi connectivity index (χ3n) is 5.94. The first kappa shape index (κ1) is 21.8. The molecule has 1 heterocycles. The number of aliphatic carboxylic acids is 1. The van der Waals surface area contributed by atoms with E-state index in [0.29, 0.717) is 12.5 Å². The van der Waals surface area contributed by atoms with E-state index in [1.807, 2.05) is 54.6 Å². The number of para-hydroxylation sites is 1. The first-order valence-corrected chi connectivity index (χ1v) is 11.1. The molecule has 0 aliphatic heterocycles. The van der Waals surface area contributed by atoms with Crippen LogP contribution in [0, 0.1) is 5.92 Å². The minimum Gasteiger partial charge on any atom is -0.487 e. The lowest BCUT2D eigenvalue weighted by atomic mass is 9.83. The van der Waals surface area contributed by atoms with Crippen molar-refractivity contribution in [1.29, 1.82) is 0 Å². The van der Waals surface area contributed by atoms with E-state index in [-0.39, 0.29) is 11.8 Å². The maximum absolute atomic E-state index is 11.1. The number of oxime groups is 1. The van der Waals surface area contributed by atoms with Gasteiger partial charge in [0, 0.05) is 11.3 Å². The highest BCUT2D eigenvalue weighted by Gasteiger charge is 2.27. The summed E-state index contributed by atoms with van der Waals surface area (Å²) in [6.45, 7) is 1.83. The van der Waals surface area contributed by atoms with E-state index < -0.39 is 5.97 Å². The molecule has 1 N–H and O–H groups in total. The van der Waals surface area contributed by atoms with Gasteiger partial charge in [-0.2, -0.15) is 0 Å². The molecule has 3 aromatic rings. The number of fused-ring (bicyclic) bond motifs is 1. The molecule has 166 valence electrons. The number of ether oxygens (including phenoxy) is 1. The highest BCUT2D eigenvalue weighted by molar-refractivity contribution is 6.34. The zero-order valence-corrected chi connectivity index (χ0v) is 18.2. The number of carboxylic acids is 1. The van der Waals surface area contributed by atoms with Crippen LogP contribution < -0.4 is 4.74 Å². The van der Waals surface area contributed by atoms with Gasteiger partial charge in [-0.1, -0.05) is 60.8 Å². The van der Waals surface area contributed by atoms with Crippen molar-refractivity contribution in [1.82, 2.24) is 4.98 Å². The number of benzene rings is 2. The smallest absolute Gasteiger partial charge is 0.353 e. The van der Waals surface area contributed by atoms with E-state index in [1.165, 1.54) is 13.3 Å². The van der Waals surface area contributed by atoms with Crippen LogP contribution in [0.15, 0.2) is 65.8 Å². The van der Waals surface area contributed by atoms with E-state index in [4.69, 9.17) is 14.7 Å². The molecule has 1 saturated carbocycles. The first-order chi connectivity index (χ1) is 15.6. The van der Waals surface area contributed by atoms with E-state index >= 15 is 0 Å². The van der Waals surface area contributed by atoms with Gasteiger partial charge < -0.3 is 14.7 Å². The summed E-state index contributed by atoms with van der Waals surface area (Å²) in [6.07, 6.45) is 5.39. The summed E-state index contributed by atoms with van der Waals surface area (Å²) in [7, 11) is 0. The van der Waals surface area contributed by atoms with Crippen LogP contribution in [0.5, 0.6) is 5.75 Å². The van der Waals surface area contributed by atoms with Crippen molar-refractivity contribution in [2.24, 2.45) is 11.1 Å². The molecule has 6 heteroatoms. The van der Waals surface area contributed by atoms with Gasteiger partial charge in [-0.25, -0.2) is 9.78 Å². The minimum absolute atomic E-state index is 0.0475. The molecule has 2 aromatic carbocycles. The zero-order chi connectivity index (χ0) is 22.3. The molecule has 1 aliphatic rings. The predicted octanol–water partition coefficient (Wildman–Crippen LogP) is 5.91. The highest BCUT2D eigenvalue weighted by Crippen LogP contribution is 2.37. The predicted molar refractivity (Wildman–Crippen MR) is 124 cm³/mol. The van der Waals surface area contributed by atoms with Crippen molar-refractivity contribution in [2.45, 2.75) is 51.7 Å². The molecule has 32 heavy (non-hydrogen) atoms. The highest BCUT2D eigenvalue weighted by atomic mass is 16.6. The Morgan fingerprint density at radius 3 is 2.56 bits per heavy atom. The Bertz CT molecular complexity index is 1090. The molecule has 1 aromatic heterocycles. The number of hydrogen-bond acceptors (Lipinski definition) is 5. The quantitative estimate of drug-likeness (QED) is 0.353. The monoisotopic (exact) mass is 432 g/mol. The van der Waals surface area contributed by atoms with Gasteiger partial charge in [-0.05, 0) is 49.6 Å². The van der Waals surface area contributed by atoms with Crippen molar-refractivity contribution in [3.8, 4) is 5.75 Å². The maximum atomic E-state index is 11.1. The number of carbonyl (C=O) groups is 1. The van der Waals surface area contributed by atoms with Crippen LogP contribution in [0.4, 0.5) is 0 Å². The van der Waals surface area contributed by atoms with Gasteiger partial charge in [0.2, 0.25) is 0 Å². The van der Waals surface area contributed by atoms with Gasteiger partial charge in [-0.15, -0.1) is 0 Å². The van der Waals surface area contributed by atoms with Crippen LogP contribution in [0.1, 0.15) is 56.4 Å². The summed E-state index contributed by atoms with van der Waals surface area (Å²) in [4.78, 5) is 21.5. The van der Waals surface area contributed by atoms with Crippen molar-refractivity contribution in [3.63, 3.8) is 0 Å². The first-order valence-electron chi connectivity index (χ1n) is 11.1. The van der Waals surface area contributed by atoms with Gasteiger partial charge in [0.1, 0.15) is 12.4 Å². The number of carboxylic acid groups (broad SMARTS) is 1. The Hall–Kier alpha value is -3.41. The molecule has 6 nitrogen and oxygen atoms in total. The summed E-state index contributed by atoms with van der Waals surface area (Å²) < 4.78 is 5.94. The van der Waals surface area contributed by atoms with Crippen LogP contribution in [0.3, 0.4) is 0 Å². The fourth-order valence-corrected chi connectivity index (χ4v) is 4.13. The molecule has 1 fully saturated rings. The van der Waals surface area contributed by atoms with Gasteiger partial charge in [0.25, 0.3) is 0 Å². The van der Waals surface area contributed by atoms with Crippen LogP contribution in [-0.2, 0) is 16.2 Å². The number of rotatable bonds is 8. The second kappa shape index (κ2) is 10.3. The van der Waals surface area contributed by atoms with E-state index in [9.17, 15) is 4.79 Å². The minimum atomic E-state index is -1.07. The number of nitrogens with zero attached hydrogens (tertiary/aromatic N) is 2.